The predicted octanol–water partition coefficient (Wildman–Crippen LogP) is 2.38. The molecule has 4 rings (SSSR count). The zero-order valence-electron chi connectivity index (χ0n) is 13.6. The third-order valence-electron chi connectivity index (χ3n) is 4.02. The van der Waals surface area contributed by atoms with Gasteiger partial charge in [-0.25, -0.2) is 9.97 Å². The number of aromatic nitrogens is 5. The average Bonchev–Trinajstić information content (AvgIpc) is 3.27. The van der Waals surface area contributed by atoms with Crippen molar-refractivity contribution in [2.24, 2.45) is 0 Å². The lowest BCUT2D eigenvalue weighted by molar-refractivity contribution is 0.0949. The number of hydrogen-bond donors (Lipinski definition) is 2. The SMILES string of the molecule is Cc1[nH]nc2ncc(C(=O)NCc3nccn3-c3ccccc3)cc12. The molecule has 0 aliphatic carbocycles. The standard InChI is InChI=1S/C18H16N6O/c1-12-15-9-13(10-20-17(15)23-22-12)18(25)21-11-16-19-7-8-24(16)14-5-3-2-4-6-14/h2-10H,11H2,1H3,(H,21,25)(H,20,22,23). The van der Waals surface area contributed by atoms with Crippen molar-refractivity contribution in [3.63, 3.8) is 0 Å². The number of imidazole rings is 1. The van der Waals surface area contributed by atoms with Gasteiger partial charge in [0, 0.05) is 35.4 Å². The molecule has 2 N–H and O–H groups in total. The number of aryl methyl sites for hydroxylation is 1. The number of aromatic amines is 1. The minimum atomic E-state index is -0.197. The quantitative estimate of drug-likeness (QED) is 0.600. The fourth-order valence-electron chi connectivity index (χ4n) is 2.69. The Balaban J connectivity index is 1.52. The second kappa shape index (κ2) is 6.20. The van der Waals surface area contributed by atoms with Gasteiger partial charge in [-0.1, -0.05) is 18.2 Å². The molecule has 3 heterocycles. The van der Waals surface area contributed by atoms with Gasteiger partial charge in [0.1, 0.15) is 5.82 Å². The van der Waals surface area contributed by atoms with E-state index in [4.69, 9.17) is 0 Å². The Morgan fingerprint density at radius 1 is 1.24 bits per heavy atom. The van der Waals surface area contributed by atoms with Gasteiger partial charge in [-0.2, -0.15) is 5.10 Å². The van der Waals surface area contributed by atoms with E-state index in [9.17, 15) is 4.79 Å². The van der Waals surface area contributed by atoms with Gasteiger partial charge in [0.25, 0.3) is 5.91 Å². The Bertz CT molecular complexity index is 1030. The third-order valence-corrected chi connectivity index (χ3v) is 4.02. The van der Waals surface area contributed by atoms with E-state index in [-0.39, 0.29) is 5.91 Å². The van der Waals surface area contributed by atoms with Gasteiger partial charge in [0.05, 0.1) is 12.1 Å². The molecule has 0 saturated heterocycles. The first-order chi connectivity index (χ1) is 12.2. The first kappa shape index (κ1) is 15.1. The molecule has 0 bridgehead atoms. The zero-order chi connectivity index (χ0) is 17.2. The van der Waals surface area contributed by atoms with Gasteiger partial charge in [-0.3, -0.25) is 9.89 Å². The van der Waals surface area contributed by atoms with Crippen molar-refractivity contribution in [2.45, 2.75) is 13.5 Å². The molecular formula is C18H16N6O. The van der Waals surface area contributed by atoms with E-state index in [0.29, 0.717) is 17.8 Å². The summed E-state index contributed by atoms with van der Waals surface area (Å²) in [5, 5.41) is 10.7. The number of amides is 1. The highest BCUT2D eigenvalue weighted by molar-refractivity contribution is 5.97. The number of carbonyl (C=O) groups excluding carboxylic acids is 1. The van der Waals surface area contributed by atoms with Crippen LogP contribution in [0.2, 0.25) is 0 Å². The molecule has 4 aromatic rings. The van der Waals surface area contributed by atoms with E-state index < -0.39 is 0 Å². The van der Waals surface area contributed by atoms with Crippen molar-refractivity contribution in [3.8, 4) is 5.69 Å². The van der Waals surface area contributed by atoms with Crippen LogP contribution in [0.1, 0.15) is 21.9 Å². The predicted molar refractivity (Wildman–Crippen MR) is 93.4 cm³/mol. The first-order valence-electron chi connectivity index (χ1n) is 7.89. The monoisotopic (exact) mass is 332 g/mol. The number of hydrogen-bond acceptors (Lipinski definition) is 4. The van der Waals surface area contributed by atoms with Crippen LogP contribution in [0.5, 0.6) is 0 Å². The van der Waals surface area contributed by atoms with Gasteiger partial charge >= 0.3 is 0 Å². The molecule has 7 heteroatoms. The fraction of sp³-hybridized carbons (Fsp3) is 0.111. The highest BCUT2D eigenvalue weighted by Crippen LogP contribution is 2.15. The number of fused-ring (bicyclic) bond motifs is 1. The fourth-order valence-corrected chi connectivity index (χ4v) is 2.69. The van der Waals surface area contributed by atoms with Gasteiger partial charge in [-0.05, 0) is 25.1 Å². The highest BCUT2D eigenvalue weighted by atomic mass is 16.1. The molecule has 0 atom stereocenters. The summed E-state index contributed by atoms with van der Waals surface area (Å²) in [5.41, 5.74) is 2.99. The van der Waals surface area contributed by atoms with E-state index in [1.54, 1.807) is 12.3 Å². The van der Waals surface area contributed by atoms with E-state index in [0.717, 1.165) is 22.6 Å². The number of carbonyl (C=O) groups is 1. The lowest BCUT2D eigenvalue weighted by Crippen LogP contribution is -2.24. The van der Waals surface area contributed by atoms with Gasteiger partial charge < -0.3 is 9.88 Å². The molecule has 124 valence electrons. The van der Waals surface area contributed by atoms with E-state index >= 15 is 0 Å². The maximum absolute atomic E-state index is 12.4. The van der Waals surface area contributed by atoms with Crippen LogP contribution in [0.4, 0.5) is 0 Å². The molecule has 25 heavy (non-hydrogen) atoms. The molecule has 0 spiro atoms. The number of H-pyrrole nitrogens is 1. The molecule has 0 saturated carbocycles. The van der Waals surface area contributed by atoms with Crippen LogP contribution in [-0.2, 0) is 6.54 Å². The number of nitrogens with zero attached hydrogens (tertiary/aromatic N) is 4. The van der Waals surface area contributed by atoms with Crippen molar-refractivity contribution in [3.05, 3.63) is 72.1 Å². The number of benzene rings is 1. The van der Waals surface area contributed by atoms with Crippen LogP contribution in [0.15, 0.2) is 55.0 Å². The van der Waals surface area contributed by atoms with Crippen molar-refractivity contribution in [1.29, 1.82) is 0 Å². The Morgan fingerprint density at radius 3 is 2.92 bits per heavy atom. The lowest BCUT2D eigenvalue weighted by Gasteiger charge is -2.09. The second-order valence-electron chi connectivity index (χ2n) is 5.68. The Morgan fingerprint density at radius 2 is 2.08 bits per heavy atom. The van der Waals surface area contributed by atoms with Crippen molar-refractivity contribution >= 4 is 16.9 Å². The molecule has 3 aromatic heterocycles. The van der Waals surface area contributed by atoms with Crippen LogP contribution in [0, 0.1) is 6.92 Å². The van der Waals surface area contributed by atoms with Crippen molar-refractivity contribution in [1.82, 2.24) is 30.0 Å². The van der Waals surface area contributed by atoms with Gasteiger partial charge in [0.2, 0.25) is 0 Å². The summed E-state index contributed by atoms with van der Waals surface area (Å²) in [5.74, 6) is 0.561. The van der Waals surface area contributed by atoms with Crippen LogP contribution < -0.4 is 5.32 Å². The molecule has 0 aliphatic heterocycles. The largest absolute Gasteiger partial charge is 0.345 e. The summed E-state index contributed by atoms with van der Waals surface area (Å²) in [6, 6.07) is 11.7. The van der Waals surface area contributed by atoms with E-state index in [2.05, 4.69) is 25.5 Å². The highest BCUT2D eigenvalue weighted by Gasteiger charge is 2.12. The molecule has 7 nitrogen and oxygen atoms in total. The summed E-state index contributed by atoms with van der Waals surface area (Å²) < 4.78 is 1.95. The molecule has 1 amide bonds. The molecule has 0 unspecified atom stereocenters. The molecule has 0 radical (unpaired) electrons. The molecule has 0 fully saturated rings. The Kier molecular flexibility index (Phi) is 3.74. The number of pyridine rings is 1. The zero-order valence-corrected chi connectivity index (χ0v) is 13.6. The maximum atomic E-state index is 12.4. The minimum Gasteiger partial charge on any atom is -0.345 e. The molecular weight excluding hydrogens is 316 g/mol. The smallest absolute Gasteiger partial charge is 0.253 e. The summed E-state index contributed by atoms with van der Waals surface area (Å²) in [6.45, 7) is 2.22. The molecule has 1 aromatic carbocycles. The molecule has 0 aliphatic rings. The minimum absolute atomic E-state index is 0.197. The topological polar surface area (TPSA) is 88.5 Å². The van der Waals surface area contributed by atoms with Crippen molar-refractivity contribution in [2.75, 3.05) is 0 Å². The second-order valence-corrected chi connectivity index (χ2v) is 5.68. The first-order valence-corrected chi connectivity index (χ1v) is 7.89. The van der Waals surface area contributed by atoms with Gasteiger partial charge in [0.15, 0.2) is 5.65 Å². The summed E-state index contributed by atoms with van der Waals surface area (Å²) in [6.07, 6.45) is 5.12. The Labute approximate surface area is 143 Å². The van der Waals surface area contributed by atoms with Crippen LogP contribution in [-0.4, -0.2) is 30.6 Å². The maximum Gasteiger partial charge on any atom is 0.253 e. The van der Waals surface area contributed by atoms with E-state index in [1.165, 1.54) is 6.20 Å². The number of para-hydroxylation sites is 1. The van der Waals surface area contributed by atoms with Crippen LogP contribution in [0.25, 0.3) is 16.7 Å². The van der Waals surface area contributed by atoms with Gasteiger partial charge in [-0.15, -0.1) is 0 Å². The van der Waals surface area contributed by atoms with Crippen LogP contribution >= 0.6 is 0 Å². The normalized spacial score (nSPS) is 10.9. The van der Waals surface area contributed by atoms with Crippen molar-refractivity contribution < 1.29 is 4.79 Å². The summed E-state index contributed by atoms with van der Waals surface area (Å²) >= 11 is 0. The third kappa shape index (κ3) is 2.87. The Hall–Kier alpha value is -3.48. The number of rotatable bonds is 4. The summed E-state index contributed by atoms with van der Waals surface area (Å²) in [4.78, 5) is 21.0. The summed E-state index contributed by atoms with van der Waals surface area (Å²) in [7, 11) is 0. The lowest BCUT2D eigenvalue weighted by atomic mass is 10.2. The average molecular weight is 332 g/mol. The van der Waals surface area contributed by atoms with E-state index in [1.807, 2.05) is 48.0 Å². The van der Waals surface area contributed by atoms with Crippen LogP contribution in [0.3, 0.4) is 0 Å². The number of nitrogens with one attached hydrogen (secondary N) is 2.